The molecule has 1 atom stereocenters. The highest BCUT2D eigenvalue weighted by Crippen LogP contribution is 2.42. The number of thioether (sulfide) groups is 1. The van der Waals surface area contributed by atoms with Gasteiger partial charge in [-0.05, 0) is 43.0 Å². The van der Waals surface area contributed by atoms with Crippen molar-refractivity contribution in [3.05, 3.63) is 27.2 Å². The van der Waals surface area contributed by atoms with Gasteiger partial charge in [-0.25, -0.2) is 0 Å². The molecule has 0 radical (unpaired) electrons. The van der Waals surface area contributed by atoms with Crippen LogP contribution in [-0.4, -0.2) is 10.9 Å². The Morgan fingerprint density at radius 1 is 1.50 bits per heavy atom. The third-order valence-corrected chi connectivity index (χ3v) is 4.77. The molecule has 14 heavy (non-hydrogen) atoms. The van der Waals surface area contributed by atoms with Crippen LogP contribution < -0.4 is 0 Å². The third kappa shape index (κ3) is 1.62. The Morgan fingerprint density at radius 3 is 2.93 bits per heavy atom. The van der Waals surface area contributed by atoms with Gasteiger partial charge in [0, 0.05) is 15.1 Å². The minimum Gasteiger partial charge on any atom is -0.388 e. The largest absolute Gasteiger partial charge is 0.388 e. The highest BCUT2D eigenvalue weighted by atomic mass is 79.9. The molecule has 1 aliphatic rings. The fourth-order valence-electron chi connectivity index (χ4n) is 1.89. The number of hydrogen-bond donors (Lipinski definition) is 1. The summed E-state index contributed by atoms with van der Waals surface area (Å²) in [5.74, 6) is 1.02. The first-order valence-corrected chi connectivity index (χ1v) is 6.49. The van der Waals surface area contributed by atoms with Crippen LogP contribution in [0.15, 0.2) is 15.4 Å². The fourth-order valence-corrected chi connectivity index (χ4v) is 3.72. The van der Waals surface area contributed by atoms with E-state index < -0.39 is 0 Å². The summed E-state index contributed by atoms with van der Waals surface area (Å²) in [7, 11) is 0. The van der Waals surface area contributed by atoms with E-state index in [9.17, 15) is 5.11 Å². The molecule has 1 heterocycles. The maximum absolute atomic E-state index is 9.96. The van der Waals surface area contributed by atoms with E-state index in [2.05, 4.69) is 35.8 Å². The molecule has 0 fully saturated rings. The van der Waals surface area contributed by atoms with Gasteiger partial charge in [0.25, 0.3) is 0 Å². The molecule has 76 valence electrons. The number of aliphatic hydroxyl groups excluding tert-OH is 1. The zero-order valence-electron chi connectivity index (χ0n) is 8.30. The summed E-state index contributed by atoms with van der Waals surface area (Å²) in [4.78, 5) is 1.28. The van der Waals surface area contributed by atoms with Gasteiger partial charge in [0.05, 0.1) is 6.10 Å². The lowest BCUT2D eigenvalue weighted by Gasteiger charge is -2.25. The zero-order chi connectivity index (χ0) is 10.3. The Kier molecular flexibility index (Phi) is 2.91. The Morgan fingerprint density at radius 2 is 2.21 bits per heavy atom. The van der Waals surface area contributed by atoms with Gasteiger partial charge in [0.2, 0.25) is 0 Å². The summed E-state index contributed by atoms with van der Waals surface area (Å²) in [6, 6.07) is 2.14. The number of rotatable bonds is 0. The number of benzene rings is 1. The summed E-state index contributed by atoms with van der Waals surface area (Å²) in [5, 5.41) is 9.96. The molecule has 0 aliphatic carbocycles. The Balaban J connectivity index is 2.67. The molecular weight excluding hydrogens is 260 g/mol. The Hall–Kier alpha value is 0.01000. The first-order valence-electron chi connectivity index (χ1n) is 4.71. The van der Waals surface area contributed by atoms with Gasteiger partial charge in [0.15, 0.2) is 0 Å². The van der Waals surface area contributed by atoms with Crippen LogP contribution in [0.5, 0.6) is 0 Å². The molecule has 2 rings (SSSR count). The van der Waals surface area contributed by atoms with E-state index in [1.807, 2.05) is 11.8 Å². The van der Waals surface area contributed by atoms with Crippen LogP contribution in [-0.2, 0) is 0 Å². The van der Waals surface area contributed by atoms with Crippen molar-refractivity contribution in [2.45, 2.75) is 31.3 Å². The van der Waals surface area contributed by atoms with Crippen LogP contribution in [0.3, 0.4) is 0 Å². The standard InChI is InChI=1S/C11H13BrOS/c1-6-5-8(12)7(2)10-9(13)3-4-14-11(6)10/h5,9,13H,3-4H2,1-2H3. The first kappa shape index (κ1) is 10.5. The minimum atomic E-state index is -0.276. The molecule has 0 aromatic heterocycles. The van der Waals surface area contributed by atoms with E-state index >= 15 is 0 Å². The van der Waals surface area contributed by atoms with Gasteiger partial charge in [-0.3, -0.25) is 0 Å². The smallest absolute Gasteiger partial charge is 0.0811 e. The van der Waals surface area contributed by atoms with E-state index in [0.717, 1.165) is 22.2 Å². The van der Waals surface area contributed by atoms with Crippen molar-refractivity contribution >= 4 is 27.7 Å². The number of hydrogen-bond acceptors (Lipinski definition) is 2. The Bertz CT molecular complexity index is 376. The second-order valence-electron chi connectivity index (χ2n) is 3.70. The lowest BCUT2D eigenvalue weighted by molar-refractivity contribution is 0.169. The van der Waals surface area contributed by atoms with Crippen LogP contribution >= 0.6 is 27.7 Å². The molecule has 0 amide bonds. The molecule has 0 bridgehead atoms. The number of halogens is 1. The number of fused-ring (bicyclic) bond motifs is 1. The third-order valence-electron chi connectivity index (χ3n) is 2.68. The molecule has 0 saturated heterocycles. The lowest BCUT2D eigenvalue weighted by Crippen LogP contribution is -2.10. The van der Waals surface area contributed by atoms with Crippen LogP contribution in [0.2, 0.25) is 0 Å². The highest BCUT2D eigenvalue weighted by molar-refractivity contribution is 9.10. The van der Waals surface area contributed by atoms with Crippen LogP contribution in [0.4, 0.5) is 0 Å². The molecular formula is C11H13BrOS. The second kappa shape index (κ2) is 3.87. The second-order valence-corrected chi connectivity index (χ2v) is 5.66. The monoisotopic (exact) mass is 272 g/mol. The molecule has 1 N–H and O–H groups in total. The van der Waals surface area contributed by atoms with Gasteiger partial charge in [-0.1, -0.05) is 15.9 Å². The number of aliphatic hydroxyl groups is 1. The maximum Gasteiger partial charge on any atom is 0.0811 e. The van der Waals surface area contributed by atoms with Gasteiger partial charge in [-0.2, -0.15) is 0 Å². The average molecular weight is 273 g/mol. The first-order chi connectivity index (χ1) is 6.61. The lowest BCUT2D eigenvalue weighted by atomic mass is 9.98. The molecule has 1 aliphatic heterocycles. The van der Waals surface area contributed by atoms with E-state index in [-0.39, 0.29) is 6.10 Å². The van der Waals surface area contributed by atoms with Crippen LogP contribution in [0, 0.1) is 13.8 Å². The zero-order valence-corrected chi connectivity index (χ0v) is 10.7. The van der Waals surface area contributed by atoms with Crippen molar-refractivity contribution in [3.8, 4) is 0 Å². The predicted molar refractivity (Wildman–Crippen MR) is 63.9 cm³/mol. The average Bonchev–Trinajstić information content (AvgIpc) is 2.14. The van der Waals surface area contributed by atoms with Crippen molar-refractivity contribution in [1.29, 1.82) is 0 Å². The predicted octanol–water partition coefficient (Wildman–Crippen LogP) is 3.60. The van der Waals surface area contributed by atoms with Gasteiger partial charge < -0.3 is 5.11 Å². The van der Waals surface area contributed by atoms with Crippen molar-refractivity contribution in [2.75, 3.05) is 5.75 Å². The molecule has 1 aromatic carbocycles. The highest BCUT2D eigenvalue weighted by Gasteiger charge is 2.23. The van der Waals surface area contributed by atoms with E-state index in [1.54, 1.807) is 0 Å². The SMILES string of the molecule is Cc1cc(Br)c(C)c2c1SCCC2O. The quantitative estimate of drug-likeness (QED) is 0.779. The van der Waals surface area contributed by atoms with E-state index in [1.165, 1.54) is 16.0 Å². The van der Waals surface area contributed by atoms with Crippen LogP contribution in [0.1, 0.15) is 29.2 Å². The fraction of sp³-hybridized carbons (Fsp3) is 0.455. The molecule has 0 spiro atoms. The van der Waals surface area contributed by atoms with E-state index in [4.69, 9.17) is 0 Å². The topological polar surface area (TPSA) is 20.2 Å². The summed E-state index contributed by atoms with van der Waals surface area (Å²) in [6.45, 7) is 4.17. The normalized spacial score (nSPS) is 20.7. The molecule has 1 unspecified atom stereocenters. The van der Waals surface area contributed by atoms with Crippen molar-refractivity contribution < 1.29 is 5.11 Å². The number of aryl methyl sites for hydroxylation is 1. The van der Waals surface area contributed by atoms with Crippen molar-refractivity contribution in [2.24, 2.45) is 0 Å². The van der Waals surface area contributed by atoms with Gasteiger partial charge in [0.1, 0.15) is 0 Å². The minimum absolute atomic E-state index is 0.276. The van der Waals surface area contributed by atoms with E-state index in [0.29, 0.717) is 0 Å². The van der Waals surface area contributed by atoms with Crippen molar-refractivity contribution in [1.82, 2.24) is 0 Å². The summed E-state index contributed by atoms with van der Waals surface area (Å²) >= 11 is 5.39. The Labute approximate surface area is 97.0 Å². The molecule has 1 aromatic rings. The maximum atomic E-state index is 9.96. The van der Waals surface area contributed by atoms with Gasteiger partial charge >= 0.3 is 0 Å². The summed E-state index contributed by atoms with van der Waals surface area (Å²) in [5.41, 5.74) is 3.58. The van der Waals surface area contributed by atoms with Crippen LogP contribution in [0.25, 0.3) is 0 Å². The van der Waals surface area contributed by atoms with Gasteiger partial charge in [-0.15, -0.1) is 11.8 Å². The molecule has 1 nitrogen and oxygen atoms in total. The summed E-state index contributed by atoms with van der Waals surface area (Å²) in [6.07, 6.45) is 0.594. The summed E-state index contributed by atoms with van der Waals surface area (Å²) < 4.78 is 1.11. The van der Waals surface area contributed by atoms with Crippen molar-refractivity contribution in [3.63, 3.8) is 0 Å². The molecule has 0 saturated carbocycles. The molecule has 3 heteroatoms.